The number of ether oxygens (including phenoxy) is 1. The minimum absolute atomic E-state index is 0.0788. The third-order valence-corrected chi connectivity index (χ3v) is 6.52. The van der Waals surface area contributed by atoms with Crippen LogP contribution < -0.4 is 21.3 Å². The average Bonchev–Trinajstić information content (AvgIpc) is 3.53. The van der Waals surface area contributed by atoms with Gasteiger partial charge < -0.3 is 26.0 Å². The SMILES string of the molecule is CC(=O)N[C@@H](CC(C)C)C(=O)N[C@@H](CC(C)C)C(=O)N[C@@H](CC(C)C)C(=O)N[C@@H](CC(C)C)C(=O)[C@@]1(C)CO1. The molecule has 0 unspecified atom stereocenters. The van der Waals surface area contributed by atoms with Crippen LogP contribution in [-0.2, 0) is 28.7 Å². The van der Waals surface area contributed by atoms with E-state index in [1.807, 2.05) is 55.4 Å². The number of carbonyl (C=O) groups is 5. The van der Waals surface area contributed by atoms with Gasteiger partial charge in [-0.3, -0.25) is 24.0 Å². The van der Waals surface area contributed by atoms with Gasteiger partial charge in [0, 0.05) is 6.92 Å². The third kappa shape index (κ3) is 12.5. The molecule has 1 saturated heterocycles. The van der Waals surface area contributed by atoms with Crippen LogP contribution in [0.5, 0.6) is 0 Å². The Bertz CT molecular complexity index is 866. The smallest absolute Gasteiger partial charge is 0.243 e. The summed E-state index contributed by atoms with van der Waals surface area (Å²) in [6, 6.07) is -3.28. The van der Waals surface area contributed by atoms with Gasteiger partial charge in [0.1, 0.15) is 23.7 Å². The van der Waals surface area contributed by atoms with Crippen molar-refractivity contribution in [3.05, 3.63) is 0 Å². The molecule has 10 heteroatoms. The number of ketones is 1. The molecule has 10 nitrogen and oxygen atoms in total. The maximum Gasteiger partial charge on any atom is 0.243 e. The zero-order valence-electron chi connectivity index (χ0n) is 25.6. The number of hydrogen-bond donors (Lipinski definition) is 4. The molecule has 1 aliphatic heterocycles. The summed E-state index contributed by atoms with van der Waals surface area (Å²) in [7, 11) is 0. The molecule has 1 heterocycles. The first-order valence-electron chi connectivity index (χ1n) is 14.3. The van der Waals surface area contributed by atoms with Crippen LogP contribution in [0.2, 0.25) is 0 Å². The summed E-state index contributed by atoms with van der Waals surface area (Å²) in [5, 5.41) is 11.2. The lowest BCUT2D eigenvalue weighted by atomic mass is 9.92. The largest absolute Gasteiger partial charge is 0.361 e. The normalized spacial score (nSPS) is 19.8. The van der Waals surface area contributed by atoms with Crippen molar-refractivity contribution in [3.8, 4) is 0 Å². The van der Waals surface area contributed by atoms with Crippen molar-refractivity contribution < 1.29 is 28.7 Å². The van der Waals surface area contributed by atoms with E-state index in [-0.39, 0.29) is 35.4 Å². The van der Waals surface area contributed by atoms with E-state index in [0.29, 0.717) is 32.3 Å². The summed E-state index contributed by atoms with van der Waals surface area (Å²) in [4.78, 5) is 64.7. The highest BCUT2D eigenvalue weighted by Gasteiger charge is 2.50. The fourth-order valence-corrected chi connectivity index (χ4v) is 4.49. The van der Waals surface area contributed by atoms with Gasteiger partial charge in [-0.25, -0.2) is 0 Å². The van der Waals surface area contributed by atoms with E-state index in [1.165, 1.54) is 6.92 Å². The second-order valence-corrected chi connectivity index (χ2v) is 12.8. The zero-order valence-corrected chi connectivity index (χ0v) is 25.6. The highest BCUT2D eigenvalue weighted by atomic mass is 16.6. The Morgan fingerprint density at radius 3 is 1.15 bits per heavy atom. The molecule has 4 N–H and O–H groups in total. The molecule has 0 aromatic carbocycles. The highest BCUT2D eigenvalue weighted by Crippen LogP contribution is 2.29. The summed E-state index contributed by atoms with van der Waals surface area (Å²) in [5.41, 5.74) is -0.878. The van der Waals surface area contributed by atoms with Gasteiger partial charge in [0.05, 0.1) is 12.6 Å². The quantitative estimate of drug-likeness (QED) is 0.204. The molecule has 5 atom stereocenters. The summed E-state index contributed by atoms with van der Waals surface area (Å²) in [6.45, 7) is 19.0. The van der Waals surface area contributed by atoms with E-state index in [1.54, 1.807) is 6.92 Å². The van der Waals surface area contributed by atoms with Gasteiger partial charge in [-0.05, 0) is 56.3 Å². The van der Waals surface area contributed by atoms with Crippen LogP contribution in [-0.4, -0.2) is 65.8 Å². The molecule has 4 amide bonds. The molecular weight excluding hydrogens is 500 g/mol. The fraction of sp³-hybridized carbons (Fsp3) is 0.828. The molecule has 0 radical (unpaired) electrons. The molecule has 0 aliphatic carbocycles. The Kier molecular flexibility index (Phi) is 13.6. The van der Waals surface area contributed by atoms with Crippen molar-refractivity contribution in [2.75, 3.05) is 6.61 Å². The molecule has 0 bridgehead atoms. The first-order valence-corrected chi connectivity index (χ1v) is 14.3. The summed E-state index contributed by atoms with van der Waals surface area (Å²) < 4.78 is 5.33. The highest BCUT2D eigenvalue weighted by molar-refractivity contribution is 5.98. The standard InChI is InChI=1S/C29H52N4O6/c1-16(2)11-21(25(35)29(10)15-39-29)31-27(37)23(13-18(5)6)33-28(38)24(14-19(7)8)32-26(36)22(12-17(3)4)30-20(9)34/h16-19,21-24H,11-15H2,1-10H3,(H,30,34)(H,31,37)(H,32,36)(H,33,38)/t21-,22-,23-,24-,29+/m0/s1. The second kappa shape index (κ2) is 15.3. The lowest BCUT2D eigenvalue weighted by Crippen LogP contribution is -2.58. The van der Waals surface area contributed by atoms with Crippen molar-refractivity contribution in [2.45, 2.75) is 125 Å². The Hall–Kier alpha value is -2.49. The van der Waals surface area contributed by atoms with E-state index in [4.69, 9.17) is 4.74 Å². The van der Waals surface area contributed by atoms with Gasteiger partial charge in [0.25, 0.3) is 0 Å². The molecule has 224 valence electrons. The van der Waals surface area contributed by atoms with Gasteiger partial charge in [-0.2, -0.15) is 0 Å². The maximum atomic E-state index is 13.5. The van der Waals surface area contributed by atoms with Crippen LogP contribution >= 0.6 is 0 Å². The van der Waals surface area contributed by atoms with Gasteiger partial charge in [0.2, 0.25) is 23.6 Å². The molecule has 0 saturated carbocycles. The predicted octanol–water partition coefficient (Wildman–Crippen LogP) is 2.49. The van der Waals surface area contributed by atoms with Gasteiger partial charge in [0.15, 0.2) is 5.78 Å². The molecule has 0 aromatic rings. The molecular formula is C29H52N4O6. The monoisotopic (exact) mass is 552 g/mol. The van der Waals surface area contributed by atoms with Crippen LogP contribution in [0.3, 0.4) is 0 Å². The Labute approximate surface area is 234 Å². The summed E-state index contributed by atoms with van der Waals surface area (Å²) in [5.74, 6) is -1.39. The van der Waals surface area contributed by atoms with Crippen LogP contribution in [0, 0.1) is 23.7 Å². The van der Waals surface area contributed by atoms with E-state index in [2.05, 4.69) is 21.3 Å². The fourth-order valence-electron chi connectivity index (χ4n) is 4.49. The molecule has 1 aliphatic rings. The molecule has 1 rings (SSSR count). The minimum Gasteiger partial charge on any atom is -0.361 e. The number of Topliss-reactive ketones (excluding diaryl/α,β-unsaturated/α-hetero) is 1. The number of amides is 4. The van der Waals surface area contributed by atoms with Crippen molar-refractivity contribution in [2.24, 2.45) is 23.7 Å². The second-order valence-electron chi connectivity index (χ2n) is 12.8. The van der Waals surface area contributed by atoms with Gasteiger partial charge in [-0.15, -0.1) is 0 Å². The van der Waals surface area contributed by atoms with E-state index < -0.39 is 47.5 Å². The Balaban J connectivity index is 3.10. The lowest BCUT2D eigenvalue weighted by molar-refractivity contribution is -0.135. The van der Waals surface area contributed by atoms with Crippen molar-refractivity contribution in [1.29, 1.82) is 0 Å². The summed E-state index contributed by atoms with van der Waals surface area (Å²) in [6.07, 6.45) is 1.59. The summed E-state index contributed by atoms with van der Waals surface area (Å²) >= 11 is 0. The maximum absolute atomic E-state index is 13.5. The number of hydrogen-bond acceptors (Lipinski definition) is 6. The number of epoxide rings is 1. The first-order chi connectivity index (χ1) is 17.9. The van der Waals surface area contributed by atoms with Crippen LogP contribution in [0.4, 0.5) is 0 Å². The van der Waals surface area contributed by atoms with E-state index in [9.17, 15) is 24.0 Å². The van der Waals surface area contributed by atoms with Gasteiger partial charge >= 0.3 is 0 Å². The lowest BCUT2D eigenvalue weighted by Gasteiger charge is -2.28. The van der Waals surface area contributed by atoms with E-state index >= 15 is 0 Å². The molecule has 39 heavy (non-hydrogen) atoms. The van der Waals surface area contributed by atoms with Crippen LogP contribution in [0.15, 0.2) is 0 Å². The zero-order chi connectivity index (χ0) is 30.1. The van der Waals surface area contributed by atoms with Gasteiger partial charge in [-0.1, -0.05) is 55.4 Å². The predicted molar refractivity (Wildman–Crippen MR) is 151 cm³/mol. The number of nitrogens with one attached hydrogen (secondary N) is 4. The van der Waals surface area contributed by atoms with Crippen molar-refractivity contribution in [3.63, 3.8) is 0 Å². The Morgan fingerprint density at radius 1 is 0.590 bits per heavy atom. The number of rotatable bonds is 17. The van der Waals surface area contributed by atoms with Crippen LogP contribution in [0.1, 0.15) is 94.9 Å². The molecule has 1 fully saturated rings. The van der Waals surface area contributed by atoms with Crippen molar-refractivity contribution in [1.82, 2.24) is 21.3 Å². The van der Waals surface area contributed by atoms with Crippen LogP contribution in [0.25, 0.3) is 0 Å². The minimum atomic E-state index is -0.893. The molecule has 0 spiro atoms. The van der Waals surface area contributed by atoms with E-state index in [0.717, 1.165) is 0 Å². The third-order valence-electron chi connectivity index (χ3n) is 6.52. The average molecular weight is 553 g/mol. The number of carbonyl (C=O) groups excluding carboxylic acids is 5. The first kappa shape index (κ1) is 34.5. The Morgan fingerprint density at radius 2 is 0.872 bits per heavy atom. The molecule has 0 aromatic heterocycles. The topological polar surface area (TPSA) is 146 Å². The van der Waals surface area contributed by atoms with Crippen molar-refractivity contribution >= 4 is 29.4 Å².